The first kappa shape index (κ1) is 13.2. The van der Waals surface area contributed by atoms with Crippen molar-refractivity contribution in [2.75, 3.05) is 0 Å². The molecule has 3 N–H and O–H groups in total. The Hall–Kier alpha value is -0.810. The van der Waals surface area contributed by atoms with Gasteiger partial charge in [-0.15, -0.1) is 0 Å². The zero-order valence-electron chi connectivity index (χ0n) is 9.07. The maximum atomic E-state index is 10.4. The van der Waals surface area contributed by atoms with E-state index in [4.69, 9.17) is 9.84 Å². The fourth-order valence-corrected chi connectivity index (χ4v) is 0.978. The highest BCUT2D eigenvalue weighted by molar-refractivity contribution is 5.64. The Morgan fingerprint density at radius 3 is 2.29 bits per heavy atom. The lowest BCUT2D eigenvalue weighted by Crippen LogP contribution is -2.46. The second kappa shape index (κ2) is 5.17. The molecule has 0 spiro atoms. The second-order valence-corrected chi connectivity index (χ2v) is 4.09. The molecule has 0 aliphatic carbocycles. The van der Waals surface area contributed by atoms with Crippen LogP contribution in [0.1, 0.15) is 34.1 Å². The minimum atomic E-state index is -1.16. The molecule has 0 fully saturated rings. The fourth-order valence-electron chi connectivity index (χ4n) is 0.978. The molecule has 5 heteroatoms. The quantitative estimate of drug-likeness (QED) is 0.602. The van der Waals surface area contributed by atoms with E-state index in [1.807, 2.05) is 0 Å². The van der Waals surface area contributed by atoms with E-state index in [0.717, 1.165) is 0 Å². The molecule has 0 aromatic heterocycles. The number of ether oxygens (including phenoxy) is 1. The summed E-state index contributed by atoms with van der Waals surface area (Å²) in [5.74, 6) is 0. The van der Waals surface area contributed by atoms with Crippen molar-refractivity contribution in [1.82, 2.24) is 5.32 Å². The van der Waals surface area contributed by atoms with E-state index < -0.39 is 24.0 Å². The molecule has 2 atom stereocenters. The third-order valence-corrected chi connectivity index (χ3v) is 1.57. The maximum absolute atomic E-state index is 10.4. The number of nitrogens with one attached hydrogen (secondary N) is 1. The summed E-state index contributed by atoms with van der Waals surface area (Å²) in [6, 6.07) is -0.591. The molecule has 0 radical (unpaired) electrons. The summed E-state index contributed by atoms with van der Waals surface area (Å²) < 4.78 is 5.22. The van der Waals surface area contributed by atoms with Crippen molar-refractivity contribution >= 4 is 6.09 Å². The van der Waals surface area contributed by atoms with Crippen LogP contribution in [0.25, 0.3) is 0 Å². The molecule has 0 bridgehead atoms. The highest BCUT2D eigenvalue weighted by Crippen LogP contribution is 2.12. The number of aliphatic hydroxyl groups is 1. The van der Waals surface area contributed by atoms with Crippen LogP contribution in [0.2, 0.25) is 0 Å². The van der Waals surface area contributed by atoms with Gasteiger partial charge in [-0.25, -0.2) is 4.79 Å². The Bertz CT molecular complexity index is 188. The van der Waals surface area contributed by atoms with Gasteiger partial charge in [-0.3, -0.25) is 0 Å². The van der Waals surface area contributed by atoms with Crippen molar-refractivity contribution in [1.29, 1.82) is 0 Å². The SMILES string of the molecule is CC[C@@H](NC(=O)O)[C@H](O)OC(C)(C)C. The molecule has 0 heterocycles. The highest BCUT2D eigenvalue weighted by atomic mass is 16.6. The molecule has 5 nitrogen and oxygen atoms in total. The van der Waals surface area contributed by atoms with E-state index in [9.17, 15) is 9.90 Å². The third kappa shape index (κ3) is 5.77. The number of hydrogen-bond acceptors (Lipinski definition) is 3. The van der Waals surface area contributed by atoms with Crippen molar-refractivity contribution in [2.24, 2.45) is 0 Å². The Morgan fingerprint density at radius 1 is 1.50 bits per heavy atom. The van der Waals surface area contributed by atoms with Crippen LogP contribution in [0.4, 0.5) is 4.79 Å². The maximum Gasteiger partial charge on any atom is 0.405 e. The second-order valence-electron chi connectivity index (χ2n) is 4.09. The molecule has 0 aromatic rings. The van der Waals surface area contributed by atoms with Gasteiger partial charge < -0.3 is 20.3 Å². The average Bonchev–Trinajstić information content (AvgIpc) is 1.96. The van der Waals surface area contributed by atoms with Crippen LogP contribution in [0.15, 0.2) is 0 Å². The fraction of sp³-hybridized carbons (Fsp3) is 0.889. The van der Waals surface area contributed by atoms with Gasteiger partial charge in [0.15, 0.2) is 6.29 Å². The van der Waals surface area contributed by atoms with Gasteiger partial charge >= 0.3 is 6.09 Å². The van der Waals surface area contributed by atoms with Crippen molar-refractivity contribution < 1.29 is 19.7 Å². The number of aliphatic hydroxyl groups excluding tert-OH is 1. The van der Waals surface area contributed by atoms with Gasteiger partial charge in [0, 0.05) is 0 Å². The molecule has 0 saturated heterocycles. The van der Waals surface area contributed by atoms with E-state index >= 15 is 0 Å². The smallest absolute Gasteiger partial charge is 0.405 e. The summed E-state index contributed by atoms with van der Waals surface area (Å²) in [5.41, 5.74) is -0.493. The molecule has 0 aromatic carbocycles. The lowest BCUT2D eigenvalue weighted by Gasteiger charge is -2.28. The molecular weight excluding hydrogens is 186 g/mol. The van der Waals surface area contributed by atoms with Crippen LogP contribution in [0, 0.1) is 0 Å². The number of carbonyl (C=O) groups is 1. The average molecular weight is 205 g/mol. The van der Waals surface area contributed by atoms with E-state index in [0.29, 0.717) is 6.42 Å². The molecule has 0 aliphatic heterocycles. The van der Waals surface area contributed by atoms with Crippen LogP contribution in [0.5, 0.6) is 0 Å². The van der Waals surface area contributed by atoms with E-state index in [-0.39, 0.29) is 0 Å². The highest BCUT2D eigenvalue weighted by Gasteiger charge is 2.24. The number of rotatable bonds is 4. The van der Waals surface area contributed by atoms with Gasteiger partial charge in [0.1, 0.15) is 0 Å². The van der Waals surface area contributed by atoms with E-state index in [1.165, 1.54) is 0 Å². The van der Waals surface area contributed by atoms with Crippen LogP contribution < -0.4 is 5.32 Å². The van der Waals surface area contributed by atoms with Gasteiger partial charge in [0.25, 0.3) is 0 Å². The molecule has 0 rings (SSSR count). The van der Waals surface area contributed by atoms with Gasteiger partial charge in [-0.05, 0) is 27.2 Å². The normalized spacial score (nSPS) is 16.1. The zero-order valence-corrected chi connectivity index (χ0v) is 9.07. The lowest BCUT2D eigenvalue weighted by molar-refractivity contribution is -0.179. The predicted octanol–water partition coefficient (Wildman–Crippen LogP) is 1.17. The molecule has 0 unspecified atom stereocenters. The first-order valence-corrected chi connectivity index (χ1v) is 4.61. The Balaban J connectivity index is 4.17. The van der Waals surface area contributed by atoms with Gasteiger partial charge in [0.05, 0.1) is 11.6 Å². The number of carboxylic acid groups (broad SMARTS) is 1. The first-order chi connectivity index (χ1) is 6.26. The summed E-state index contributed by atoms with van der Waals surface area (Å²) in [4.78, 5) is 10.4. The molecule has 0 aliphatic rings. The van der Waals surface area contributed by atoms with Crippen LogP contribution in [0.3, 0.4) is 0 Å². The van der Waals surface area contributed by atoms with Crippen molar-refractivity contribution in [2.45, 2.75) is 52.0 Å². The van der Waals surface area contributed by atoms with Crippen molar-refractivity contribution in [3.05, 3.63) is 0 Å². The summed E-state index contributed by atoms with van der Waals surface area (Å²) >= 11 is 0. The van der Waals surface area contributed by atoms with Gasteiger partial charge in [-0.2, -0.15) is 0 Å². The number of hydrogen-bond donors (Lipinski definition) is 3. The van der Waals surface area contributed by atoms with Crippen molar-refractivity contribution in [3.8, 4) is 0 Å². The molecule has 0 saturated carbocycles. The summed E-state index contributed by atoms with van der Waals surface area (Å²) in [7, 11) is 0. The minimum Gasteiger partial charge on any atom is -0.465 e. The number of amides is 1. The Kier molecular flexibility index (Phi) is 4.87. The Labute approximate surface area is 84.1 Å². The van der Waals surface area contributed by atoms with Crippen molar-refractivity contribution in [3.63, 3.8) is 0 Å². The van der Waals surface area contributed by atoms with Gasteiger partial charge in [0.2, 0.25) is 0 Å². The van der Waals surface area contributed by atoms with E-state index in [2.05, 4.69) is 5.32 Å². The molecule has 14 heavy (non-hydrogen) atoms. The van der Waals surface area contributed by atoms with Crippen LogP contribution in [-0.2, 0) is 4.74 Å². The Morgan fingerprint density at radius 2 is 2.00 bits per heavy atom. The molecular formula is C9H19NO4. The zero-order chi connectivity index (χ0) is 11.4. The summed E-state index contributed by atoms with van der Waals surface area (Å²) in [6.45, 7) is 7.16. The van der Waals surface area contributed by atoms with Crippen LogP contribution >= 0.6 is 0 Å². The minimum absolute atomic E-state index is 0.476. The lowest BCUT2D eigenvalue weighted by atomic mass is 10.1. The van der Waals surface area contributed by atoms with Gasteiger partial charge in [-0.1, -0.05) is 6.92 Å². The monoisotopic (exact) mass is 205 g/mol. The predicted molar refractivity (Wildman–Crippen MR) is 52.1 cm³/mol. The molecule has 84 valence electrons. The standard InChI is InChI=1S/C9H19NO4/c1-5-6(10-8(12)13)7(11)14-9(2,3)4/h6-7,10-11H,5H2,1-4H3,(H,12,13)/t6-,7-/m1/s1. The van der Waals surface area contributed by atoms with E-state index in [1.54, 1.807) is 27.7 Å². The first-order valence-electron chi connectivity index (χ1n) is 4.61. The third-order valence-electron chi connectivity index (χ3n) is 1.57. The topological polar surface area (TPSA) is 78.8 Å². The largest absolute Gasteiger partial charge is 0.465 e. The summed E-state index contributed by atoms with van der Waals surface area (Å²) in [6.07, 6.45) is -1.80. The molecule has 1 amide bonds. The summed E-state index contributed by atoms with van der Waals surface area (Å²) in [5, 5.41) is 20.2. The van der Waals surface area contributed by atoms with Crippen LogP contribution in [-0.4, -0.2) is 34.2 Å².